The number of aromatic nitrogens is 3. The molecule has 8 aromatic carbocycles. The Balaban J connectivity index is 1.17. The van der Waals surface area contributed by atoms with Gasteiger partial charge in [0.2, 0.25) is 0 Å². The molecule has 11 rings (SSSR count). The van der Waals surface area contributed by atoms with Crippen LogP contribution in [0.25, 0.3) is 78.0 Å². The molecule has 9 aromatic rings. The first-order valence-electron chi connectivity index (χ1n) is 17.4. The lowest BCUT2D eigenvalue weighted by atomic mass is 9.69. The largest absolute Gasteiger partial charge is 0.208 e. The van der Waals surface area contributed by atoms with Gasteiger partial charge in [-0.25, -0.2) is 15.0 Å². The highest BCUT2D eigenvalue weighted by Gasteiger charge is 2.52. The summed E-state index contributed by atoms with van der Waals surface area (Å²) in [5.41, 5.74) is 12.8. The number of nitrogens with zero attached hydrogens (tertiary/aromatic N) is 3. The van der Waals surface area contributed by atoms with Gasteiger partial charge in [0.05, 0.1) is 5.41 Å². The summed E-state index contributed by atoms with van der Waals surface area (Å²) in [6, 6.07) is 63.2. The molecule has 0 fully saturated rings. The Morgan fingerprint density at radius 2 is 0.843 bits per heavy atom. The van der Waals surface area contributed by atoms with E-state index >= 15 is 0 Å². The van der Waals surface area contributed by atoms with Crippen molar-refractivity contribution in [2.24, 2.45) is 0 Å². The topological polar surface area (TPSA) is 38.7 Å². The third kappa shape index (κ3) is 3.97. The van der Waals surface area contributed by atoms with E-state index in [9.17, 15) is 0 Å². The van der Waals surface area contributed by atoms with E-state index in [1.807, 2.05) is 18.2 Å². The van der Waals surface area contributed by atoms with Gasteiger partial charge in [0.1, 0.15) is 0 Å². The zero-order valence-corrected chi connectivity index (χ0v) is 27.6. The van der Waals surface area contributed by atoms with Gasteiger partial charge < -0.3 is 0 Å². The van der Waals surface area contributed by atoms with E-state index in [4.69, 9.17) is 15.0 Å². The highest BCUT2D eigenvalue weighted by molar-refractivity contribution is 6.04. The zero-order chi connectivity index (χ0) is 33.5. The van der Waals surface area contributed by atoms with Crippen molar-refractivity contribution in [3.63, 3.8) is 0 Å². The van der Waals surface area contributed by atoms with Crippen LogP contribution < -0.4 is 0 Å². The first kappa shape index (κ1) is 28.2. The smallest absolute Gasteiger partial charge is 0.164 e. The molecule has 0 N–H and O–H groups in total. The molecule has 0 saturated carbocycles. The Kier molecular flexibility index (Phi) is 5.88. The Morgan fingerprint density at radius 1 is 0.314 bits per heavy atom. The van der Waals surface area contributed by atoms with Crippen molar-refractivity contribution < 1.29 is 0 Å². The van der Waals surface area contributed by atoms with Crippen LogP contribution in [0.2, 0.25) is 0 Å². The van der Waals surface area contributed by atoms with Crippen LogP contribution in [-0.2, 0) is 5.41 Å². The van der Waals surface area contributed by atoms with Gasteiger partial charge in [-0.15, -0.1) is 0 Å². The maximum absolute atomic E-state index is 5.17. The minimum Gasteiger partial charge on any atom is -0.208 e. The molecule has 0 amide bonds. The van der Waals surface area contributed by atoms with Crippen molar-refractivity contribution >= 4 is 21.5 Å². The molecule has 1 atom stereocenters. The summed E-state index contributed by atoms with van der Waals surface area (Å²) < 4.78 is 0. The minimum atomic E-state index is -0.443. The molecule has 51 heavy (non-hydrogen) atoms. The molecule has 0 saturated heterocycles. The molecule has 3 heteroatoms. The second kappa shape index (κ2) is 10.6. The van der Waals surface area contributed by atoms with Crippen LogP contribution in [0, 0.1) is 0 Å². The van der Waals surface area contributed by atoms with Crippen molar-refractivity contribution in [3.05, 3.63) is 198 Å². The summed E-state index contributed by atoms with van der Waals surface area (Å²) >= 11 is 0. The SMILES string of the molecule is c1ccc(-c2nc(-c3ccc4c(c3)-c3ccccc3C43c4ccccc4-c4ccc5ccccc5c43)nc(-c3ccc4ccccc4c3)n2)cc1. The van der Waals surface area contributed by atoms with Gasteiger partial charge in [0.15, 0.2) is 17.5 Å². The summed E-state index contributed by atoms with van der Waals surface area (Å²) in [6.07, 6.45) is 0. The number of rotatable bonds is 3. The van der Waals surface area contributed by atoms with Gasteiger partial charge in [-0.05, 0) is 78.2 Å². The van der Waals surface area contributed by atoms with Crippen molar-refractivity contribution in [1.82, 2.24) is 15.0 Å². The molecule has 0 bridgehead atoms. The van der Waals surface area contributed by atoms with Gasteiger partial charge in [0.25, 0.3) is 0 Å². The van der Waals surface area contributed by atoms with Crippen LogP contribution in [0.4, 0.5) is 0 Å². The third-order valence-electron chi connectivity index (χ3n) is 10.9. The molecule has 1 heterocycles. The molecule has 1 spiro atoms. The fourth-order valence-electron chi connectivity index (χ4n) is 8.74. The molecule has 1 unspecified atom stereocenters. The third-order valence-corrected chi connectivity index (χ3v) is 10.9. The first-order chi connectivity index (χ1) is 25.3. The molecule has 1 aromatic heterocycles. The Bertz CT molecular complexity index is 2870. The molecule has 2 aliphatic carbocycles. The molecule has 0 aliphatic heterocycles. The van der Waals surface area contributed by atoms with Crippen molar-refractivity contribution in [2.75, 3.05) is 0 Å². The predicted molar refractivity (Wildman–Crippen MR) is 207 cm³/mol. The van der Waals surface area contributed by atoms with Crippen molar-refractivity contribution in [2.45, 2.75) is 5.41 Å². The molecule has 2 aliphatic rings. The van der Waals surface area contributed by atoms with E-state index in [0.717, 1.165) is 22.1 Å². The van der Waals surface area contributed by atoms with Crippen molar-refractivity contribution in [3.8, 4) is 56.4 Å². The van der Waals surface area contributed by atoms with Crippen LogP contribution in [-0.4, -0.2) is 15.0 Å². The number of benzene rings is 8. The van der Waals surface area contributed by atoms with Gasteiger partial charge in [-0.1, -0.05) is 164 Å². The van der Waals surface area contributed by atoms with Gasteiger partial charge in [0, 0.05) is 16.7 Å². The average Bonchev–Trinajstić information content (AvgIpc) is 3.68. The Labute approximate surface area is 295 Å². The van der Waals surface area contributed by atoms with Crippen LogP contribution in [0.15, 0.2) is 176 Å². The number of fused-ring (bicyclic) bond motifs is 13. The van der Waals surface area contributed by atoms with Gasteiger partial charge in [-0.2, -0.15) is 0 Å². The normalized spacial score (nSPS) is 15.1. The number of hydrogen-bond donors (Lipinski definition) is 0. The van der Waals surface area contributed by atoms with Crippen LogP contribution in [0.3, 0.4) is 0 Å². The molecule has 236 valence electrons. The summed E-state index contributed by atoms with van der Waals surface area (Å²) in [7, 11) is 0. The Morgan fingerprint density at radius 3 is 1.61 bits per heavy atom. The van der Waals surface area contributed by atoms with Crippen LogP contribution in [0.5, 0.6) is 0 Å². The monoisotopic (exact) mass is 647 g/mol. The lowest BCUT2D eigenvalue weighted by Crippen LogP contribution is -2.26. The lowest BCUT2D eigenvalue weighted by molar-refractivity contribution is 0.801. The summed E-state index contributed by atoms with van der Waals surface area (Å²) in [6.45, 7) is 0. The lowest BCUT2D eigenvalue weighted by Gasteiger charge is -2.31. The highest BCUT2D eigenvalue weighted by atomic mass is 15.0. The van der Waals surface area contributed by atoms with E-state index in [-0.39, 0.29) is 0 Å². The summed E-state index contributed by atoms with van der Waals surface area (Å²) in [4.78, 5) is 15.3. The van der Waals surface area contributed by atoms with E-state index < -0.39 is 5.41 Å². The quantitative estimate of drug-likeness (QED) is 0.192. The molecule has 3 nitrogen and oxygen atoms in total. The van der Waals surface area contributed by atoms with E-state index in [1.54, 1.807) is 0 Å². The molecule has 0 radical (unpaired) electrons. The Hall–Kier alpha value is -6.71. The zero-order valence-electron chi connectivity index (χ0n) is 27.6. The van der Waals surface area contributed by atoms with Gasteiger partial charge in [-0.3, -0.25) is 0 Å². The fraction of sp³-hybridized carbons (Fsp3) is 0.0208. The van der Waals surface area contributed by atoms with Crippen molar-refractivity contribution in [1.29, 1.82) is 0 Å². The summed E-state index contributed by atoms with van der Waals surface area (Å²) in [5, 5.41) is 4.89. The second-order valence-corrected chi connectivity index (χ2v) is 13.5. The minimum absolute atomic E-state index is 0.443. The predicted octanol–water partition coefficient (Wildman–Crippen LogP) is 11.5. The molecular formula is C48H29N3. The van der Waals surface area contributed by atoms with Gasteiger partial charge >= 0.3 is 0 Å². The second-order valence-electron chi connectivity index (χ2n) is 13.5. The standard InChI is InChI=1S/C48H29N3/c1-2-14-32(15-3-1)45-49-46(34-23-22-30-12-4-5-16-33(30)28-34)51-47(50-45)35-25-27-43-40(29-35)38-19-9-11-21-42(38)48(43)41-20-10-8-18-37(41)39-26-24-31-13-6-7-17-36(31)44(39)48/h1-29H. The van der Waals surface area contributed by atoms with E-state index in [0.29, 0.717) is 17.5 Å². The first-order valence-corrected chi connectivity index (χ1v) is 17.4. The summed E-state index contributed by atoms with van der Waals surface area (Å²) in [5.74, 6) is 1.98. The number of hydrogen-bond acceptors (Lipinski definition) is 3. The highest BCUT2D eigenvalue weighted by Crippen LogP contribution is 2.64. The fourth-order valence-corrected chi connectivity index (χ4v) is 8.74. The average molecular weight is 648 g/mol. The van der Waals surface area contributed by atoms with Crippen LogP contribution in [0.1, 0.15) is 22.3 Å². The van der Waals surface area contributed by atoms with E-state index in [2.05, 4.69) is 158 Å². The van der Waals surface area contributed by atoms with E-state index in [1.165, 1.54) is 60.7 Å². The molecular weight excluding hydrogens is 619 g/mol. The van der Waals surface area contributed by atoms with Crippen LogP contribution >= 0.6 is 0 Å². The maximum Gasteiger partial charge on any atom is 0.164 e. The maximum atomic E-state index is 5.17.